The fourth-order valence-electron chi connectivity index (χ4n) is 1.73. The van der Waals surface area contributed by atoms with E-state index in [2.05, 4.69) is 23.5 Å². The molecule has 0 unspecified atom stereocenters. The molecule has 105 valence electrons. The normalized spacial score (nSPS) is 10.5. The Labute approximate surface area is 129 Å². The topological polar surface area (TPSA) is 22.1 Å². The lowest BCUT2D eigenvalue weighted by molar-refractivity contribution is 0.414. The predicted molar refractivity (Wildman–Crippen MR) is 86.4 cm³/mol. The minimum Gasteiger partial charge on any atom is -0.497 e. The van der Waals surface area contributed by atoms with Gasteiger partial charge in [0.1, 0.15) is 10.9 Å². The van der Waals surface area contributed by atoms with Gasteiger partial charge in [-0.15, -0.1) is 0 Å². The van der Waals surface area contributed by atoms with Crippen molar-refractivity contribution in [3.8, 4) is 5.75 Å². The molecule has 0 aliphatic rings. The number of hydrogen-bond acceptors (Lipinski definition) is 3. The molecule has 0 aliphatic heterocycles. The summed E-state index contributed by atoms with van der Waals surface area (Å²) in [5, 5.41) is 0.544. The van der Waals surface area contributed by atoms with Crippen molar-refractivity contribution in [1.29, 1.82) is 0 Å². The van der Waals surface area contributed by atoms with Crippen LogP contribution in [0.3, 0.4) is 0 Å². The summed E-state index contributed by atoms with van der Waals surface area (Å²) in [6.45, 7) is 0. The third-order valence-corrected chi connectivity index (χ3v) is 4.06. The predicted octanol–water partition coefficient (Wildman–Crippen LogP) is 4.42. The molecule has 2 nitrogen and oxygen atoms in total. The van der Waals surface area contributed by atoms with Gasteiger partial charge < -0.3 is 4.74 Å². The highest BCUT2D eigenvalue weighted by atomic mass is 35.5. The maximum atomic E-state index is 5.75. The van der Waals surface area contributed by atoms with E-state index in [0.717, 1.165) is 23.7 Å². The maximum absolute atomic E-state index is 5.75. The molecule has 0 N–H and O–H groups in total. The molecule has 0 aliphatic carbocycles. The lowest BCUT2D eigenvalue weighted by Crippen LogP contribution is -1.91. The Morgan fingerprint density at radius 2 is 1.90 bits per heavy atom. The summed E-state index contributed by atoms with van der Waals surface area (Å²) >= 11 is 7.65. The SMILES string of the molecule is COc1ccc(CSC[CH]Cc2ccc(Cl)nc2)cc1. The van der Waals surface area contributed by atoms with Crippen LogP contribution in [0.4, 0.5) is 0 Å². The van der Waals surface area contributed by atoms with Gasteiger partial charge in [0.2, 0.25) is 0 Å². The number of benzene rings is 1. The molecule has 0 bridgehead atoms. The van der Waals surface area contributed by atoms with Gasteiger partial charge in [-0.1, -0.05) is 29.8 Å². The molecule has 4 heteroatoms. The van der Waals surface area contributed by atoms with E-state index < -0.39 is 0 Å². The van der Waals surface area contributed by atoms with Crippen LogP contribution < -0.4 is 4.74 Å². The van der Waals surface area contributed by atoms with Crippen LogP contribution in [-0.4, -0.2) is 17.8 Å². The molecule has 2 aromatic rings. The van der Waals surface area contributed by atoms with Gasteiger partial charge in [0.25, 0.3) is 0 Å². The third-order valence-electron chi connectivity index (χ3n) is 2.83. The van der Waals surface area contributed by atoms with Crippen molar-refractivity contribution in [1.82, 2.24) is 4.98 Å². The molecule has 1 aromatic heterocycles. The molecular weight excluding hydrogens is 290 g/mol. The van der Waals surface area contributed by atoms with Crippen LogP contribution in [0.1, 0.15) is 11.1 Å². The average molecular weight is 307 g/mol. The molecule has 0 saturated carbocycles. The number of thioether (sulfide) groups is 1. The van der Waals surface area contributed by atoms with E-state index in [9.17, 15) is 0 Å². The van der Waals surface area contributed by atoms with Gasteiger partial charge in [0.05, 0.1) is 7.11 Å². The fraction of sp³-hybridized carbons (Fsp3) is 0.250. The van der Waals surface area contributed by atoms with E-state index in [-0.39, 0.29) is 0 Å². The van der Waals surface area contributed by atoms with E-state index in [1.165, 1.54) is 11.1 Å². The van der Waals surface area contributed by atoms with E-state index in [1.807, 2.05) is 42.2 Å². The minimum atomic E-state index is 0.544. The highest BCUT2D eigenvalue weighted by Crippen LogP contribution is 2.17. The molecule has 20 heavy (non-hydrogen) atoms. The Balaban J connectivity index is 1.64. The first-order valence-electron chi connectivity index (χ1n) is 6.40. The van der Waals surface area contributed by atoms with Crippen molar-refractivity contribution in [3.63, 3.8) is 0 Å². The van der Waals surface area contributed by atoms with Gasteiger partial charge >= 0.3 is 0 Å². The summed E-state index contributed by atoms with van der Waals surface area (Å²) < 4.78 is 5.14. The monoisotopic (exact) mass is 306 g/mol. The zero-order valence-corrected chi connectivity index (χ0v) is 13.0. The van der Waals surface area contributed by atoms with Crippen LogP contribution in [0.5, 0.6) is 5.75 Å². The highest BCUT2D eigenvalue weighted by molar-refractivity contribution is 7.98. The number of nitrogens with zero attached hydrogens (tertiary/aromatic N) is 1. The molecule has 0 atom stereocenters. The van der Waals surface area contributed by atoms with Crippen molar-refractivity contribution in [3.05, 3.63) is 65.3 Å². The molecule has 2 rings (SSSR count). The summed E-state index contributed by atoms with van der Waals surface area (Å²) in [6.07, 6.45) is 5.02. The van der Waals surface area contributed by atoms with Gasteiger partial charge in [-0.2, -0.15) is 11.8 Å². The number of pyridine rings is 1. The molecule has 1 radical (unpaired) electrons. The van der Waals surface area contributed by atoms with Gasteiger partial charge in [-0.3, -0.25) is 0 Å². The van der Waals surface area contributed by atoms with E-state index >= 15 is 0 Å². The zero-order valence-electron chi connectivity index (χ0n) is 11.4. The van der Waals surface area contributed by atoms with Crippen molar-refractivity contribution in [2.24, 2.45) is 0 Å². The second kappa shape index (κ2) is 8.18. The molecule has 0 amide bonds. The zero-order chi connectivity index (χ0) is 14.2. The van der Waals surface area contributed by atoms with Crippen LogP contribution in [0.2, 0.25) is 5.15 Å². The molecule has 1 heterocycles. The summed E-state index contributed by atoms with van der Waals surface area (Å²) in [4.78, 5) is 4.07. The maximum Gasteiger partial charge on any atom is 0.129 e. The van der Waals surface area contributed by atoms with Gasteiger partial charge in [0.15, 0.2) is 0 Å². The van der Waals surface area contributed by atoms with Crippen molar-refractivity contribution < 1.29 is 4.74 Å². The Kier molecular flexibility index (Phi) is 6.22. The molecular formula is C16H17ClNOS. The van der Waals surface area contributed by atoms with Crippen LogP contribution in [0, 0.1) is 6.42 Å². The number of methoxy groups -OCH3 is 1. The number of ether oxygens (including phenoxy) is 1. The number of hydrogen-bond donors (Lipinski definition) is 0. The number of rotatable bonds is 7. The fourth-order valence-corrected chi connectivity index (χ4v) is 2.68. The Morgan fingerprint density at radius 3 is 2.55 bits per heavy atom. The summed E-state index contributed by atoms with van der Waals surface area (Å²) in [5.41, 5.74) is 2.51. The molecule has 1 aromatic carbocycles. The van der Waals surface area contributed by atoms with E-state index in [0.29, 0.717) is 5.15 Å². The van der Waals surface area contributed by atoms with Crippen molar-refractivity contribution in [2.75, 3.05) is 12.9 Å². The van der Waals surface area contributed by atoms with Gasteiger partial charge in [0, 0.05) is 11.9 Å². The molecule has 0 saturated heterocycles. The van der Waals surface area contributed by atoms with Gasteiger partial charge in [-0.05, 0) is 47.9 Å². The first kappa shape index (κ1) is 15.2. The summed E-state index contributed by atoms with van der Waals surface area (Å²) in [7, 11) is 1.68. The van der Waals surface area contributed by atoms with Crippen LogP contribution in [0.15, 0.2) is 42.6 Å². The minimum absolute atomic E-state index is 0.544. The second-order valence-electron chi connectivity index (χ2n) is 4.35. The standard InChI is InChI=1S/C16H17ClNOS/c1-19-15-7-4-14(5-8-15)12-20-10-2-3-13-6-9-16(17)18-11-13/h2,4-9,11H,3,10,12H2,1H3. The molecule has 0 spiro atoms. The van der Waals surface area contributed by atoms with E-state index in [4.69, 9.17) is 16.3 Å². The average Bonchev–Trinajstić information content (AvgIpc) is 2.49. The first-order chi connectivity index (χ1) is 9.78. The quantitative estimate of drug-likeness (QED) is 0.558. The Hall–Kier alpha value is -1.19. The lowest BCUT2D eigenvalue weighted by atomic mass is 10.2. The second-order valence-corrected chi connectivity index (χ2v) is 5.76. The lowest BCUT2D eigenvalue weighted by Gasteiger charge is -2.04. The van der Waals surface area contributed by atoms with Crippen LogP contribution >= 0.6 is 23.4 Å². The summed E-state index contributed by atoms with van der Waals surface area (Å²) in [5.74, 6) is 2.94. The molecule has 0 fully saturated rings. The summed E-state index contributed by atoms with van der Waals surface area (Å²) in [6, 6.07) is 12.1. The van der Waals surface area contributed by atoms with Crippen molar-refractivity contribution >= 4 is 23.4 Å². The van der Waals surface area contributed by atoms with Crippen molar-refractivity contribution in [2.45, 2.75) is 12.2 Å². The smallest absolute Gasteiger partial charge is 0.129 e. The Bertz CT molecular complexity index is 513. The number of halogens is 1. The Morgan fingerprint density at radius 1 is 1.15 bits per heavy atom. The van der Waals surface area contributed by atoms with E-state index in [1.54, 1.807) is 7.11 Å². The van der Waals surface area contributed by atoms with Crippen LogP contribution in [-0.2, 0) is 12.2 Å². The largest absolute Gasteiger partial charge is 0.497 e. The van der Waals surface area contributed by atoms with Crippen LogP contribution in [0.25, 0.3) is 0 Å². The van der Waals surface area contributed by atoms with Gasteiger partial charge in [-0.25, -0.2) is 4.98 Å². The third kappa shape index (κ3) is 5.06. The number of aromatic nitrogens is 1. The first-order valence-corrected chi connectivity index (χ1v) is 7.94. The highest BCUT2D eigenvalue weighted by Gasteiger charge is 1.98.